The molecule has 102 valence electrons. The Hall–Kier alpha value is -0.160. The molecule has 1 fully saturated rings. The summed E-state index contributed by atoms with van der Waals surface area (Å²) in [7, 11) is 3.71. The van der Waals surface area contributed by atoms with Gasteiger partial charge in [0.05, 0.1) is 32.5 Å². The molecule has 1 aliphatic carbocycles. The molecular weight excluding hydrogens is 218 g/mol. The van der Waals surface area contributed by atoms with Crippen LogP contribution in [0.4, 0.5) is 0 Å². The summed E-state index contributed by atoms with van der Waals surface area (Å²) in [5.41, 5.74) is 0. The molecule has 0 saturated heterocycles. The first-order valence-electron chi connectivity index (χ1n) is 6.74. The number of hydrogen-bond donors (Lipinski definition) is 1. The third-order valence-corrected chi connectivity index (χ3v) is 3.31. The maximum absolute atomic E-state index is 5.92. The molecular formula is C13H27NO3. The predicted molar refractivity (Wildman–Crippen MR) is 68.4 cm³/mol. The SMILES string of the molecule is CNC1CCCCCC1OCCOCCOC. The summed E-state index contributed by atoms with van der Waals surface area (Å²) in [6.45, 7) is 2.66. The van der Waals surface area contributed by atoms with Crippen LogP contribution < -0.4 is 5.32 Å². The van der Waals surface area contributed by atoms with Crippen molar-refractivity contribution in [2.45, 2.75) is 44.2 Å². The lowest BCUT2D eigenvalue weighted by atomic mass is 10.1. The van der Waals surface area contributed by atoms with Crippen LogP contribution in [0.3, 0.4) is 0 Å². The Morgan fingerprint density at radius 2 is 1.76 bits per heavy atom. The summed E-state index contributed by atoms with van der Waals surface area (Å²) < 4.78 is 16.2. The molecule has 1 rings (SSSR count). The quantitative estimate of drug-likeness (QED) is 0.521. The maximum atomic E-state index is 5.92. The van der Waals surface area contributed by atoms with Crippen molar-refractivity contribution in [2.75, 3.05) is 40.6 Å². The van der Waals surface area contributed by atoms with Crippen LogP contribution in [0.25, 0.3) is 0 Å². The van der Waals surface area contributed by atoms with Gasteiger partial charge in [-0.2, -0.15) is 0 Å². The molecule has 4 heteroatoms. The van der Waals surface area contributed by atoms with E-state index in [0.717, 1.165) is 0 Å². The van der Waals surface area contributed by atoms with Gasteiger partial charge in [0.1, 0.15) is 0 Å². The molecule has 4 nitrogen and oxygen atoms in total. The van der Waals surface area contributed by atoms with Gasteiger partial charge in [0, 0.05) is 13.2 Å². The molecule has 0 heterocycles. The number of ether oxygens (including phenoxy) is 3. The zero-order valence-corrected chi connectivity index (χ0v) is 11.2. The Kier molecular flexibility index (Phi) is 8.61. The highest BCUT2D eigenvalue weighted by Crippen LogP contribution is 2.20. The molecule has 1 aliphatic rings. The van der Waals surface area contributed by atoms with E-state index in [1.165, 1.54) is 32.1 Å². The lowest BCUT2D eigenvalue weighted by molar-refractivity contribution is -0.0209. The summed E-state index contributed by atoms with van der Waals surface area (Å²) in [5, 5.41) is 3.37. The average molecular weight is 245 g/mol. The first kappa shape index (κ1) is 14.9. The van der Waals surface area contributed by atoms with Gasteiger partial charge in [-0.15, -0.1) is 0 Å². The van der Waals surface area contributed by atoms with Gasteiger partial charge >= 0.3 is 0 Å². The Morgan fingerprint density at radius 1 is 1.00 bits per heavy atom. The van der Waals surface area contributed by atoms with E-state index in [4.69, 9.17) is 14.2 Å². The van der Waals surface area contributed by atoms with E-state index in [1.807, 2.05) is 7.05 Å². The van der Waals surface area contributed by atoms with E-state index in [2.05, 4.69) is 5.32 Å². The van der Waals surface area contributed by atoms with Crippen LogP contribution in [0, 0.1) is 0 Å². The van der Waals surface area contributed by atoms with Gasteiger partial charge in [0.2, 0.25) is 0 Å². The van der Waals surface area contributed by atoms with E-state index in [0.29, 0.717) is 38.6 Å². The molecule has 0 spiro atoms. The van der Waals surface area contributed by atoms with Crippen molar-refractivity contribution in [1.82, 2.24) is 5.32 Å². The minimum atomic E-state index is 0.355. The number of nitrogens with one attached hydrogen (secondary N) is 1. The van der Waals surface area contributed by atoms with Crippen molar-refractivity contribution in [3.05, 3.63) is 0 Å². The second-order valence-electron chi connectivity index (χ2n) is 4.55. The Labute approximate surface area is 105 Å². The maximum Gasteiger partial charge on any atom is 0.0729 e. The number of hydrogen-bond acceptors (Lipinski definition) is 4. The molecule has 0 aromatic rings. The van der Waals surface area contributed by atoms with E-state index in [1.54, 1.807) is 7.11 Å². The van der Waals surface area contributed by atoms with Crippen LogP contribution in [0.1, 0.15) is 32.1 Å². The molecule has 0 aromatic heterocycles. The van der Waals surface area contributed by atoms with Crippen LogP contribution >= 0.6 is 0 Å². The standard InChI is InChI=1S/C13H27NO3/c1-14-12-6-4-3-5-7-13(12)17-11-10-16-9-8-15-2/h12-14H,3-11H2,1-2H3. The normalized spacial score (nSPS) is 25.8. The highest BCUT2D eigenvalue weighted by atomic mass is 16.5. The van der Waals surface area contributed by atoms with Crippen molar-refractivity contribution >= 4 is 0 Å². The largest absolute Gasteiger partial charge is 0.382 e. The number of likely N-dealkylation sites (N-methyl/N-ethyl adjacent to an activating group) is 1. The van der Waals surface area contributed by atoms with E-state index < -0.39 is 0 Å². The third kappa shape index (κ3) is 6.36. The van der Waals surface area contributed by atoms with Crippen LogP contribution in [-0.2, 0) is 14.2 Å². The molecule has 2 atom stereocenters. The third-order valence-electron chi connectivity index (χ3n) is 3.31. The molecule has 0 amide bonds. The molecule has 0 aliphatic heterocycles. The fourth-order valence-electron chi connectivity index (χ4n) is 2.31. The van der Waals surface area contributed by atoms with Crippen LogP contribution in [0.2, 0.25) is 0 Å². The summed E-state index contributed by atoms with van der Waals surface area (Å²) in [6, 6.07) is 0.511. The lowest BCUT2D eigenvalue weighted by Gasteiger charge is -2.25. The number of rotatable bonds is 8. The van der Waals surface area contributed by atoms with Crippen LogP contribution in [-0.4, -0.2) is 52.7 Å². The molecule has 0 aromatic carbocycles. The second-order valence-corrected chi connectivity index (χ2v) is 4.55. The summed E-state index contributed by atoms with van der Waals surface area (Å²) in [5.74, 6) is 0. The van der Waals surface area contributed by atoms with Gasteiger partial charge in [-0.25, -0.2) is 0 Å². The van der Waals surface area contributed by atoms with Crippen LogP contribution in [0.15, 0.2) is 0 Å². The highest BCUT2D eigenvalue weighted by Gasteiger charge is 2.22. The van der Waals surface area contributed by atoms with Crippen molar-refractivity contribution in [3.63, 3.8) is 0 Å². The Morgan fingerprint density at radius 3 is 2.53 bits per heavy atom. The molecule has 17 heavy (non-hydrogen) atoms. The first-order chi connectivity index (χ1) is 8.38. The first-order valence-corrected chi connectivity index (χ1v) is 6.74. The Bertz CT molecular complexity index is 178. The van der Waals surface area contributed by atoms with Gasteiger partial charge in [0.25, 0.3) is 0 Å². The van der Waals surface area contributed by atoms with Crippen molar-refractivity contribution < 1.29 is 14.2 Å². The number of methoxy groups -OCH3 is 1. The van der Waals surface area contributed by atoms with E-state index >= 15 is 0 Å². The zero-order chi connectivity index (χ0) is 12.3. The molecule has 0 bridgehead atoms. The van der Waals surface area contributed by atoms with Gasteiger partial charge < -0.3 is 19.5 Å². The second kappa shape index (κ2) is 9.83. The van der Waals surface area contributed by atoms with E-state index in [9.17, 15) is 0 Å². The van der Waals surface area contributed by atoms with Crippen LogP contribution in [0.5, 0.6) is 0 Å². The summed E-state index contributed by atoms with van der Waals surface area (Å²) >= 11 is 0. The fraction of sp³-hybridized carbons (Fsp3) is 1.00. The van der Waals surface area contributed by atoms with Gasteiger partial charge in [-0.05, 0) is 19.9 Å². The minimum absolute atomic E-state index is 0.355. The van der Waals surface area contributed by atoms with Gasteiger partial charge in [-0.1, -0.05) is 19.3 Å². The molecule has 1 saturated carbocycles. The lowest BCUT2D eigenvalue weighted by Crippen LogP contribution is -2.39. The summed E-state index contributed by atoms with van der Waals surface area (Å²) in [4.78, 5) is 0. The minimum Gasteiger partial charge on any atom is -0.382 e. The molecule has 0 radical (unpaired) electrons. The Balaban J connectivity index is 2.10. The topological polar surface area (TPSA) is 39.7 Å². The van der Waals surface area contributed by atoms with Gasteiger partial charge in [-0.3, -0.25) is 0 Å². The highest BCUT2D eigenvalue weighted by molar-refractivity contribution is 4.78. The van der Waals surface area contributed by atoms with Gasteiger partial charge in [0.15, 0.2) is 0 Å². The fourth-order valence-corrected chi connectivity index (χ4v) is 2.31. The predicted octanol–water partition coefficient (Wildman–Crippen LogP) is 1.59. The van der Waals surface area contributed by atoms with Crippen molar-refractivity contribution in [3.8, 4) is 0 Å². The zero-order valence-electron chi connectivity index (χ0n) is 11.2. The molecule has 1 N–H and O–H groups in total. The smallest absolute Gasteiger partial charge is 0.0729 e. The summed E-state index contributed by atoms with van der Waals surface area (Å²) in [6.07, 6.45) is 6.69. The monoisotopic (exact) mass is 245 g/mol. The van der Waals surface area contributed by atoms with Crippen molar-refractivity contribution in [2.24, 2.45) is 0 Å². The van der Waals surface area contributed by atoms with E-state index in [-0.39, 0.29) is 0 Å². The molecule has 2 unspecified atom stereocenters. The average Bonchev–Trinajstić information content (AvgIpc) is 2.58. The van der Waals surface area contributed by atoms with Crippen molar-refractivity contribution in [1.29, 1.82) is 0 Å².